The molecule has 28 heavy (non-hydrogen) atoms. The van der Waals surface area contributed by atoms with Crippen LogP contribution in [0.3, 0.4) is 0 Å². The molecular formula is C18H13ClF3N3O2S. The van der Waals surface area contributed by atoms with Crippen LogP contribution < -0.4 is 10.6 Å². The summed E-state index contributed by atoms with van der Waals surface area (Å²) in [5.41, 5.74) is -2.67. The third-order valence-corrected chi connectivity index (χ3v) is 5.01. The molecule has 1 aliphatic rings. The Hall–Kier alpha value is -2.52. The van der Waals surface area contributed by atoms with Crippen molar-refractivity contribution in [2.75, 3.05) is 0 Å². The van der Waals surface area contributed by atoms with Crippen LogP contribution in [-0.4, -0.2) is 28.8 Å². The van der Waals surface area contributed by atoms with Crippen molar-refractivity contribution in [3.05, 3.63) is 70.7 Å². The summed E-state index contributed by atoms with van der Waals surface area (Å²) in [6.07, 6.45) is -5.14. The molecule has 0 aromatic heterocycles. The van der Waals surface area contributed by atoms with Crippen molar-refractivity contribution >= 4 is 40.3 Å². The maximum absolute atomic E-state index is 13.7. The quantitative estimate of drug-likeness (QED) is 0.780. The third kappa shape index (κ3) is 4.15. The van der Waals surface area contributed by atoms with Gasteiger partial charge in [-0.2, -0.15) is 13.2 Å². The van der Waals surface area contributed by atoms with Crippen molar-refractivity contribution in [1.29, 1.82) is 0 Å². The Morgan fingerprint density at radius 3 is 2.54 bits per heavy atom. The molecule has 146 valence electrons. The highest BCUT2D eigenvalue weighted by molar-refractivity contribution is 8.13. The van der Waals surface area contributed by atoms with E-state index in [4.69, 9.17) is 11.6 Å². The summed E-state index contributed by atoms with van der Waals surface area (Å²) in [4.78, 5) is 28.0. The number of rotatable bonds is 4. The van der Waals surface area contributed by atoms with Crippen LogP contribution in [0.5, 0.6) is 0 Å². The second-order valence-corrected chi connectivity index (χ2v) is 7.22. The molecule has 1 aliphatic heterocycles. The summed E-state index contributed by atoms with van der Waals surface area (Å²) in [6.45, 7) is 0. The van der Waals surface area contributed by atoms with Crippen molar-refractivity contribution in [3.8, 4) is 0 Å². The highest BCUT2D eigenvalue weighted by atomic mass is 35.5. The predicted molar refractivity (Wildman–Crippen MR) is 101 cm³/mol. The zero-order chi connectivity index (χ0) is 20.4. The standard InChI is InChI=1S/C18H13ClF3N3O2S/c19-13-8-4-7-12(9-13)14(26)24-17(18(20,21)22)15(27)23-16(25-17)28-10-11-5-2-1-3-6-11/h1-9H,10H2,(H,24,26)(H,23,25,27)/t17-/m1/s1. The molecule has 0 bridgehead atoms. The largest absolute Gasteiger partial charge is 0.442 e. The number of nitrogens with one attached hydrogen (secondary N) is 2. The highest BCUT2D eigenvalue weighted by Crippen LogP contribution is 2.36. The van der Waals surface area contributed by atoms with Gasteiger partial charge in [-0.05, 0) is 23.8 Å². The fourth-order valence-electron chi connectivity index (χ4n) is 2.43. The van der Waals surface area contributed by atoms with E-state index < -0.39 is 23.7 Å². The van der Waals surface area contributed by atoms with Gasteiger partial charge in [-0.25, -0.2) is 4.99 Å². The lowest BCUT2D eigenvalue weighted by molar-refractivity contribution is -0.192. The Bertz CT molecular complexity index is 937. The molecule has 1 atom stereocenters. The summed E-state index contributed by atoms with van der Waals surface area (Å²) in [5.74, 6) is -2.28. The van der Waals surface area contributed by atoms with Gasteiger partial charge in [-0.1, -0.05) is 59.8 Å². The zero-order valence-corrected chi connectivity index (χ0v) is 15.7. The van der Waals surface area contributed by atoms with E-state index in [1.807, 2.05) is 6.07 Å². The molecule has 3 rings (SSSR count). The highest BCUT2D eigenvalue weighted by Gasteiger charge is 2.65. The molecular weight excluding hydrogens is 415 g/mol. The Morgan fingerprint density at radius 1 is 1.18 bits per heavy atom. The molecule has 0 spiro atoms. The van der Waals surface area contributed by atoms with Crippen molar-refractivity contribution in [1.82, 2.24) is 10.6 Å². The van der Waals surface area contributed by atoms with Gasteiger partial charge >= 0.3 is 11.8 Å². The molecule has 1 heterocycles. The normalized spacial score (nSPS) is 19.1. The van der Waals surface area contributed by atoms with Crippen molar-refractivity contribution in [3.63, 3.8) is 0 Å². The van der Waals surface area contributed by atoms with Gasteiger partial charge in [-0.15, -0.1) is 0 Å². The topological polar surface area (TPSA) is 70.6 Å². The monoisotopic (exact) mass is 427 g/mol. The van der Waals surface area contributed by atoms with Gasteiger partial charge in [0, 0.05) is 16.3 Å². The third-order valence-electron chi connectivity index (χ3n) is 3.83. The number of alkyl halides is 3. The molecule has 0 fully saturated rings. The number of amidine groups is 1. The van der Waals surface area contributed by atoms with E-state index in [1.54, 1.807) is 29.6 Å². The van der Waals surface area contributed by atoms with Gasteiger partial charge in [0.05, 0.1) is 0 Å². The number of hydrogen-bond donors (Lipinski definition) is 2. The van der Waals surface area contributed by atoms with E-state index in [1.165, 1.54) is 24.3 Å². The molecule has 0 saturated carbocycles. The summed E-state index contributed by atoms with van der Waals surface area (Å²) < 4.78 is 41.2. The van der Waals surface area contributed by atoms with Gasteiger partial charge in [0.15, 0.2) is 5.17 Å². The summed E-state index contributed by atoms with van der Waals surface area (Å²) >= 11 is 6.70. The summed E-state index contributed by atoms with van der Waals surface area (Å²) in [7, 11) is 0. The average molecular weight is 428 g/mol. The number of aliphatic imine (C=N–C) groups is 1. The first-order valence-corrected chi connectivity index (χ1v) is 9.30. The number of carbonyl (C=O) groups excluding carboxylic acids is 2. The van der Waals surface area contributed by atoms with Crippen LogP contribution in [0.15, 0.2) is 59.6 Å². The van der Waals surface area contributed by atoms with Crippen LogP contribution in [0, 0.1) is 0 Å². The Balaban J connectivity index is 1.85. The van der Waals surface area contributed by atoms with E-state index in [9.17, 15) is 22.8 Å². The summed E-state index contributed by atoms with van der Waals surface area (Å²) in [5, 5.41) is 3.77. The number of benzene rings is 2. The van der Waals surface area contributed by atoms with E-state index in [0.29, 0.717) is 5.75 Å². The van der Waals surface area contributed by atoms with Crippen molar-refractivity contribution < 1.29 is 22.8 Å². The molecule has 0 radical (unpaired) electrons. The summed E-state index contributed by atoms with van der Waals surface area (Å²) in [6, 6.07) is 14.3. The molecule has 0 saturated heterocycles. The molecule has 5 nitrogen and oxygen atoms in total. The lowest BCUT2D eigenvalue weighted by Gasteiger charge is -2.27. The van der Waals surface area contributed by atoms with Crippen molar-refractivity contribution in [2.24, 2.45) is 4.99 Å². The van der Waals surface area contributed by atoms with E-state index in [-0.39, 0.29) is 15.8 Å². The van der Waals surface area contributed by atoms with Gasteiger partial charge < -0.3 is 10.6 Å². The first kappa shape index (κ1) is 20.2. The van der Waals surface area contributed by atoms with Crippen LogP contribution in [0.4, 0.5) is 13.2 Å². The van der Waals surface area contributed by atoms with Crippen LogP contribution in [0.2, 0.25) is 5.02 Å². The van der Waals surface area contributed by atoms with Gasteiger partial charge in [0.1, 0.15) is 0 Å². The molecule has 10 heteroatoms. The number of amides is 2. The number of nitrogens with zero attached hydrogens (tertiary/aromatic N) is 1. The smallest absolute Gasteiger partial charge is 0.312 e. The second-order valence-electron chi connectivity index (χ2n) is 5.82. The molecule has 2 N–H and O–H groups in total. The minimum atomic E-state index is -5.14. The minimum absolute atomic E-state index is 0.121. The number of carbonyl (C=O) groups is 2. The Labute approximate surface area is 167 Å². The Morgan fingerprint density at radius 2 is 1.89 bits per heavy atom. The number of hydrogen-bond acceptors (Lipinski definition) is 4. The van der Waals surface area contributed by atoms with Crippen LogP contribution in [-0.2, 0) is 10.5 Å². The lowest BCUT2D eigenvalue weighted by Crippen LogP contribution is -2.63. The van der Waals surface area contributed by atoms with E-state index >= 15 is 0 Å². The molecule has 0 aliphatic carbocycles. The van der Waals surface area contributed by atoms with E-state index in [0.717, 1.165) is 17.3 Å². The molecule has 2 aromatic rings. The first-order chi connectivity index (χ1) is 13.2. The van der Waals surface area contributed by atoms with Crippen LogP contribution in [0.1, 0.15) is 15.9 Å². The first-order valence-electron chi connectivity index (χ1n) is 7.94. The van der Waals surface area contributed by atoms with E-state index in [2.05, 4.69) is 10.3 Å². The van der Waals surface area contributed by atoms with Crippen LogP contribution >= 0.6 is 23.4 Å². The molecule has 2 aromatic carbocycles. The fraction of sp³-hybridized carbons (Fsp3) is 0.167. The van der Waals surface area contributed by atoms with Gasteiger partial charge in [0.25, 0.3) is 11.8 Å². The number of halogens is 4. The lowest BCUT2D eigenvalue weighted by atomic mass is 10.1. The zero-order valence-electron chi connectivity index (χ0n) is 14.1. The maximum atomic E-state index is 13.7. The van der Waals surface area contributed by atoms with Gasteiger partial charge in [0.2, 0.25) is 0 Å². The second kappa shape index (κ2) is 7.84. The fourth-order valence-corrected chi connectivity index (χ4v) is 3.48. The predicted octanol–water partition coefficient (Wildman–Crippen LogP) is 3.75. The number of thioether (sulfide) groups is 1. The maximum Gasteiger partial charge on any atom is 0.442 e. The SMILES string of the molecule is O=C(N[C@@]1(C(F)(F)F)N=C(SCc2ccccc2)NC1=O)c1cccc(Cl)c1. The molecule has 2 amide bonds. The molecule has 0 unspecified atom stereocenters. The average Bonchev–Trinajstić information content (AvgIpc) is 2.97. The van der Waals surface area contributed by atoms with Gasteiger partial charge in [-0.3, -0.25) is 9.59 Å². The Kier molecular flexibility index (Phi) is 5.66. The van der Waals surface area contributed by atoms with Crippen molar-refractivity contribution in [2.45, 2.75) is 17.6 Å². The minimum Gasteiger partial charge on any atom is -0.312 e. The van der Waals surface area contributed by atoms with Crippen LogP contribution in [0.25, 0.3) is 0 Å².